The minimum atomic E-state index is 0.751. The van der Waals surface area contributed by atoms with Gasteiger partial charge in [0.25, 0.3) is 0 Å². The highest BCUT2D eigenvalue weighted by Crippen LogP contribution is 2.21. The summed E-state index contributed by atoms with van der Waals surface area (Å²) in [5, 5.41) is 3.49. The zero-order chi connectivity index (χ0) is 18.8. The van der Waals surface area contributed by atoms with E-state index in [1.54, 1.807) is 6.20 Å². The maximum atomic E-state index is 4.49. The van der Waals surface area contributed by atoms with Crippen molar-refractivity contribution in [3.05, 3.63) is 97.1 Å². The van der Waals surface area contributed by atoms with E-state index in [9.17, 15) is 0 Å². The monoisotopic (exact) mass is 365 g/mol. The third kappa shape index (κ3) is 3.14. The third-order valence-electron chi connectivity index (χ3n) is 4.80. The van der Waals surface area contributed by atoms with Crippen LogP contribution in [0.1, 0.15) is 5.56 Å². The summed E-state index contributed by atoms with van der Waals surface area (Å²) in [5.74, 6) is 0.881. The molecule has 0 radical (unpaired) electrons. The Labute approximate surface area is 162 Å². The molecule has 0 unspecified atom stereocenters. The number of imidazole rings is 2. The average Bonchev–Trinajstić information content (AvgIpc) is 3.43. The predicted octanol–water partition coefficient (Wildman–Crippen LogP) is 5.03. The lowest BCUT2D eigenvalue weighted by molar-refractivity contribution is 1.07. The van der Waals surface area contributed by atoms with Crippen LogP contribution in [0.5, 0.6) is 0 Å². The summed E-state index contributed by atoms with van der Waals surface area (Å²) in [7, 11) is 0. The SMILES string of the molecule is c1cc(CNc2ccc(-c3ncc[nH]3)cc2)cc(-n2cnc3ccccc32)c1. The van der Waals surface area contributed by atoms with Crippen molar-refractivity contribution in [3.63, 3.8) is 0 Å². The zero-order valence-corrected chi connectivity index (χ0v) is 15.2. The topological polar surface area (TPSA) is 58.5 Å². The van der Waals surface area contributed by atoms with Crippen LogP contribution in [-0.2, 0) is 6.54 Å². The van der Waals surface area contributed by atoms with Crippen LogP contribution in [0.3, 0.4) is 0 Å². The summed E-state index contributed by atoms with van der Waals surface area (Å²) < 4.78 is 2.12. The lowest BCUT2D eigenvalue weighted by Gasteiger charge is -2.10. The number of hydrogen-bond donors (Lipinski definition) is 2. The minimum absolute atomic E-state index is 0.751. The molecule has 0 bridgehead atoms. The number of rotatable bonds is 5. The van der Waals surface area contributed by atoms with Crippen LogP contribution < -0.4 is 5.32 Å². The molecule has 2 aromatic heterocycles. The van der Waals surface area contributed by atoms with Gasteiger partial charge in [-0.2, -0.15) is 0 Å². The molecule has 5 nitrogen and oxygen atoms in total. The second-order valence-corrected chi connectivity index (χ2v) is 6.64. The largest absolute Gasteiger partial charge is 0.381 e. The number of H-pyrrole nitrogens is 1. The lowest BCUT2D eigenvalue weighted by Crippen LogP contribution is -2.01. The van der Waals surface area contributed by atoms with Crippen molar-refractivity contribution in [2.75, 3.05) is 5.32 Å². The van der Waals surface area contributed by atoms with E-state index in [0.717, 1.165) is 40.3 Å². The zero-order valence-electron chi connectivity index (χ0n) is 15.2. The molecular weight excluding hydrogens is 346 g/mol. The second-order valence-electron chi connectivity index (χ2n) is 6.64. The molecule has 0 saturated heterocycles. The predicted molar refractivity (Wildman–Crippen MR) is 112 cm³/mol. The Kier molecular flexibility index (Phi) is 4.10. The number of hydrogen-bond acceptors (Lipinski definition) is 3. The summed E-state index contributed by atoms with van der Waals surface area (Å²) in [6.07, 6.45) is 5.47. The highest BCUT2D eigenvalue weighted by Gasteiger charge is 2.05. The molecule has 2 heterocycles. The molecule has 5 rings (SSSR count). The van der Waals surface area contributed by atoms with Gasteiger partial charge in [-0.05, 0) is 54.1 Å². The first-order valence-corrected chi connectivity index (χ1v) is 9.22. The molecule has 0 aliphatic carbocycles. The van der Waals surface area contributed by atoms with Gasteiger partial charge < -0.3 is 10.3 Å². The lowest BCUT2D eigenvalue weighted by atomic mass is 10.1. The van der Waals surface area contributed by atoms with Crippen LogP contribution in [0.15, 0.2) is 91.5 Å². The molecule has 0 spiro atoms. The van der Waals surface area contributed by atoms with Crippen molar-refractivity contribution >= 4 is 16.7 Å². The molecule has 5 heteroatoms. The van der Waals surface area contributed by atoms with Crippen molar-refractivity contribution < 1.29 is 0 Å². The van der Waals surface area contributed by atoms with Crippen LogP contribution >= 0.6 is 0 Å². The first kappa shape index (κ1) is 16.3. The van der Waals surface area contributed by atoms with Gasteiger partial charge in [-0.1, -0.05) is 24.3 Å². The fraction of sp³-hybridized carbons (Fsp3) is 0.0435. The maximum absolute atomic E-state index is 4.49. The second kappa shape index (κ2) is 7.04. The molecule has 0 saturated carbocycles. The smallest absolute Gasteiger partial charge is 0.137 e. The molecule has 136 valence electrons. The van der Waals surface area contributed by atoms with Gasteiger partial charge in [0.05, 0.1) is 11.0 Å². The molecule has 0 fully saturated rings. The summed E-state index contributed by atoms with van der Waals surface area (Å²) in [6.45, 7) is 0.751. The van der Waals surface area contributed by atoms with Crippen molar-refractivity contribution in [2.45, 2.75) is 6.54 Å². The van der Waals surface area contributed by atoms with Crippen LogP contribution in [0.25, 0.3) is 28.1 Å². The van der Waals surface area contributed by atoms with Crippen molar-refractivity contribution in [3.8, 4) is 17.1 Å². The number of nitrogens with one attached hydrogen (secondary N) is 2. The Hall–Kier alpha value is -3.86. The summed E-state index contributed by atoms with van der Waals surface area (Å²) in [6, 6.07) is 25.0. The standard InChI is InChI=1S/C23H19N5/c1-2-7-22-21(6-1)27-16-28(22)20-5-3-4-17(14-20)15-26-19-10-8-18(9-11-19)23-24-12-13-25-23/h1-14,16,26H,15H2,(H,24,25). The molecule has 5 aromatic rings. The number of para-hydroxylation sites is 2. The van der Waals surface area contributed by atoms with Gasteiger partial charge in [0.1, 0.15) is 12.2 Å². The molecule has 2 N–H and O–H groups in total. The number of aromatic amines is 1. The summed E-state index contributed by atoms with van der Waals surface area (Å²) in [5.41, 5.74) is 6.59. The highest BCUT2D eigenvalue weighted by atomic mass is 15.0. The van der Waals surface area contributed by atoms with E-state index < -0.39 is 0 Å². The van der Waals surface area contributed by atoms with Gasteiger partial charge in [0.15, 0.2) is 0 Å². The number of nitrogens with zero attached hydrogens (tertiary/aromatic N) is 3. The van der Waals surface area contributed by atoms with E-state index in [1.807, 2.05) is 30.7 Å². The van der Waals surface area contributed by atoms with E-state index in [-0.39, 0.29) is 0 Å². The van der Waals surface area contributed by atoms with Gasteiger partial charge in [-0.25, -0.2) is 9.97 Å². The molecule has 0 atom stereocenters. The van der Waals surface area contributed by atoms with E-state index in [1.165, 1.54) is 5.56 Å². The molecule has 28 heavy (non-hydrogen) atoms. The van der Waals surface area contributed by atoms with Gasteiger partial charge in [0, 0.05) is 35.9 Å². The summed E-state index contributed by atoms with van der Waals surface area (Å²) >= 11 is 0. The van der Waals surface area contributed by atoms with Crippen LogP contribution in [0.4, 0.5) is 5.69 Å². The first-order chi connectivity index (χ1) is 13.9. The fourth-order valence-electron chi connectivity index (χ4n) is 3.35. The first-order valence-electron chi connectivity index (χ1n) is 9.22. The molecule has 0 amide bonds. The number of anilines is 1. The van der Waals surface area contributed by atoms with E-state index in [2.05, 4.69) is 79.4 Å². The van der Waals surface area contributed by atoms with Crippen molar-refractivity contribution in [1.82, 2.24) is 19.5 Å². The van der Waals surface area contributed by atoms with Gasteiger partial charge in [-0.3, -0.25) is 4.57 Å². The third-order valence-corrected chi connectivity index (χ3v) is 4.80. The Morgan fingerprint density at radius 1 is 0.893 bits per heavy atom. The quantitative estimate of drug-likeness (QED) is 0.459. The Morgan fingerprint density at radius 3 is 2.64 bits per heavy atom. The summed E-state index contributed by atoms with van der Waals surface area (Å²) in [4.78, 5) is 11.9. The fourth-order valence-corrected chi connectivity index (χ4v) is 3.35. The molecule has 3 aromatic carbocycles. The Morgan fingerprint density at radius 2 is 1.79 bits per heavy atom. The highest BCUT2D eigenvalue weighted by molar-refractivity contribution is 5.77. The average molecular weight is 365 g/mol. The van der Waals surface area contributed by atoms with Crippen LogP contribution in [0.2, 0.25) is 0 Å². The number of fused-ring (bicyclic) bond motifs is 1. The van der Waals surface area contributed by atoms with E-state index >= 15 is 0 Å². The maximum Gasteiger partial charge on any atom is 0.137 e. The van der Waals surface area contributed by atoms with E-state index in [4.69, 9.17) is 0 Å². The van der Waals surface area contributed by atoms with Crippen molar-refractivity contribution in [1.29, 1.82) is 0 Å². The van der Waals surface area contributed by atoms with Gasteiger partial charge in [-0.15, -0.1) is 0 Å². The molecular formula is C23H19N5. The van der Waals surface area contributed by atoms with Gasteiger partial charge in [0.2, 0.25) is 0 Å². The normalized spacial score (nSPS) is 11.0. The number of benzene rings is 3. The number of aromatic nitrogens is 4. The Balaban J connectivity index is 1.33. The Bertz CT molecular complexity index is 1200. The minimum Gasteiger partial charge on any atom is -0.381 e. The van der Waals surface area contributed by atoms with Crippen LogP contribution in [0, 0.1) is 0 Å². The van der Waals surface area contributed by atoms with Gasteiger partial charge >= 0.3 is 0 Å². The van der Waals surface area contributed by atoms with Crippen molar-refractivity contribution in [2.24, 2.45) is 0 Å². The molecule has 0 aliphatic rings. The van der Waals surface area contributed by atoms with Crippen LogP contribution in [-0.4, -0.2) is 19.5 Å². The molecule has 0 aliphatic heterocycles. The van der Waals surface area contributed by atoms with E-state index in [0.29, 0.717) is 0 Å².